The smallest absolute Gasteiger partial charge is 0.255 e. The van der Waals surface area contributed by atoms with E-state index in [0.29, 0.717) is 23.4 Å². The van der Waals surface area contributed by atoms with Crippen LogP contribution in [0.5, 0.6) is 0 Å². The number of fused-ring (bicyclic) bond motifs is 4. The minimum absolute atomic E-state index is 0.00394. The van der Waals surface area contributed by atoms with Crippen LogP contribution in [0.25, 0.3) is 11.0 Å². The maximum absolute atomic E-state index is 13.5. The fraction of sp³-hybridized carbons (Fsp3) is 0.708. The Kier molecular flexibility index (Phi) is 5.87. The van der Waals surface area contributed by atoms with Crippen molar-refractivity contribution in [1.82, 2.24) is 25.0 Å². The first-order valence-corrected chi connectivity index (χ1v) is 12.3. The van der Waals surface area contributed by atoms with Gasteiger partial charge in [0, 0.05) is 31.4 Å². The van der Waals surface area contributed by atoms with E-state index in [1.165, 1.54) is 58.0 Å². The molecule has 31 heavy (non-hydrogen) atoms. The molecule has 0 spiro atoms. The van der Waals surface area contributed by atoms with Crippen molar-refractivity contribution in [1.29, 1.82) is 0 Å². The van der Waals surface area contributed by atoms with Gasteiger partial charge in [0.2, 0.25) is 0 Å². The average molecular weight is 425 g/mol. The van der Waals surface area contributed by atoms with E-state index in [1.807, 2.05) is 10.9 Å². The second kappa shape index (κ2) is 8.77. The second-order valence-corrected chi connectivity index (χ2v) is 9.79. The van der Waals surface area contributed by atoms with Gasteiger partial charge in [0.1, 0.15) is 0 Å². The number of carbonyl (C=O) groups excluding carboxylic acids is 1. The van der Waals surface area contributed by atoms with Crippen molar-refractivity contribution in [2.75, 3.05) is 25.0 Å². The van der Waals surface area contributed by atoms with E-state index in [2.05, 4.69) is 39.5 Å². The number of nitrogens with one attached hydrogen (secondary N) is 2. The third-order valence-electron chi connectivity index (χ3n) is 7.91. The van der Waals surface area contributed by atoms with Gasteiger partial charge in [-0.2, -0.15) is 5.10 Å². The largest absolute Gasteiger partial charge is 0.381 e. The summed E-state index contributed by atoms with van der Waals surface area (Å²) in [6.07, 6.45) is 12.5. The topological polar surface area (TPSA) is 75.1 Å². The van der Waals surface area contributed by atoms with Gasteiger partial charge >= 0.3 is 0 Å². The Morgan fingerprint density at radius 3 is 2.61 bits per heavy atom. The maximum atomic E-state index is 13.5. The van der Waals surface area contributed by atoms with E-state index >= 15 is 0 Å². The molecule has 4 fully saturated rings. The molecule has 1 amide bonds. The number of amides is 1. The molecule has 3 saturated heterocycles. The van der Waals surface area contributed by atoms with Gasteiger partial charge in [0.15, 0.2) is 5.65 Å². The highest BCUT2D eigenvalue weighted by molar-refractivity contribution is 6.06. The monoisotopic (exact) mass is 424 g/mol. The highest BCUT2D eigenvalue weighted by atomic mass is 16.1. The molecule has 2 aromatic heterocycles. The quantitative estimate of drug-likeness (QED) is 0.740. The number of hydrogen-bond donors (Lipinski definition) is 2. The van der Waals surface area contributed by atoms with E-state index in [0.717, 1.165) is 29.8 Å². The van der Waals surface area contributed by atoms with Gasteiger partial charge in [-0.25, -0.2) is 9.67 Å². The van der Waals surface area contributed by atoms with Crippen LogP contribution in [0.1, 0.15) is 69.2 Å². The molecule has 168 valence electrons. The number of pyridine rings is 1. The molecule has 2 N–H and O–H groups in total. The van der Waals surface area contributed by atoms with Gasteiger partial charge in [-0.05, 0) is 64.5 Å². The number of hydrogen-bond acceptors (Lipinski definition) is 5. The Morgan fingerprint density at radius 2 is 1.94 bits per heavy atom. The van der Waals surface area contributed by atoms with Crippen molar-refractivity contribution in [2.45, 2.75) is 77.4 Å². The number of aromatic nitrogens is 3. The molecule has 1 aliphatic carbocycles. The summed E-state index contributed by atoms with van der Waals surface area (Å²) in [6.45, 7) is 8.42. The lowest BCUT2D eigenvalue weighted by molar-refractivity contribution is 0.0620. The Labute approximate surface area is 185 Å². The summed E-state index contributed by atoms with van der Waals surface area (Å²) >= 11 is 0. The molecule has 7 nitrogen and oxygen atoms in total. The van der Waals surface area contributed by atoms with E-state index in [1.54, 1.807) is 6.20 Å². The Morgan fingerprint density at radius 1 is 1.16 bits per heavy atom. The zero-order chi connectivity index (χ0) is 21.4. The van der Waals surface area contributed by atoms with E-state index in [9.17, 15) is 4.79 Å². The van der Waals surface area contributed by atoms with Crippen molar-refractivity contribution >= 4 is 22.6 Å². The van der Waals surface area contributed by atoms with Gasteiger partial charge < -0.3 is 15.5 Å². The Bertz CT molecular complexity index is 926. The Hall–Kier alpha value is -2.15. The van der Waals surface area contributed by atoms with Gasteiger partial charge in [-0.1, -0.05) is 19.3 Å². The molecule has 6 rings (SSSR count). The lowest BCUT2D eigenvalue weighted by atomic mass is 9.84. The standard InChI is InChI=1S/C24H36N6O/c1-3-30-23-19(14-26-30)22(27-16(2)17-7-5-4-6-8-17)20(13-25-23)24(31)28-21-15-29-11-9-18(21)10-12-29/h13-14,16-18,21H,3-12,15H2,1-2H3,(H,25,27)(H,28,31). The normalized spacial score (nSPS) is 27.4. The first-order valence-electron chi connectivity index (χ1n) is 12.3. The molecule has 4 aliphatic rings. The van der Waals surface area contributed by atoms with Gasteiger partial charge in [-0.15, -0.1) is 0 Å². The highest BCUT2D eigenvalue weighted by Crippen LogP contribution is 2.33. The van der Waals surface area contributed by atoms with Crippen LogP contribution in [-0.4, -0.2) is 57.3 Å². The number of rotatable bonds is 6. The second-order valence-electron chi connectivity index (χ2n) is 9.79. The summed E-state index contributed by atoms with van der Waals surface area (Å²) in [4.78, 5) is 20.6. The first kappa shape index (κ1) is 20.7. The molecule has 5 heterocycles. The maximum Gasteiger partial charge on any atom is 0.255 e. The number of aryl methyl sites for hydroxylation is 1. The summed E-state index contributed by atoms with van der Waals surface area (Å²) in [6, 6.07) is 0.562. The van der Waals surface area contributed by atoms with Crippen LogP contribution in [0.2, 0.25) is 0 Å². The minimum atomic E-state index is -0.00394. The zero-order valence-electron chi connectivity index (χ0n) is 18.9. The summed E-state index contributed by atoms with van der Waals surface area (Å²) in [5.41, 5.74) is 2.41. The lowest BCUT2D eigenvalue weighted by Gasteiger charge is -2.45. The predicted octanol–water partition coefficient (Wildman–Crippen LogP) is 3.66. The van der Waals surface area contributed by atoms with Crippen molar-refractivity contribution < 1.29 is 4.79 Å². The number of anilines is 1. The number of carbonyl (C=O) groups is 1. The fourth-order valence-electron chi connectivity index (χ4n) is 5.94. The van der Waals surface area contributed by atoms with Crippen LogP contribution in [0.15, 0.2) is 12.4 Å². The van der Waals surface area contributed by atoms with Gasteiger partial charge in [0.25, 0.3) is 5.91 Å². The van der Waals surface area contributed by atoms with E-state index in [-0.39, 0.29) is 11.9 Å². The summed E-state index contributed by atoms with van der Waals surface area (Å²) in [5, 5.41) is 12.6. The van der Waals surface area contributed by atoms with Crippen LogP contribution in [0.4, 0.5) is 5.69 Å². The summed E-state index contributed by atoms with van der Waals surface area (Å²) in [5.74, 6) is 1.25. The van der Waals surface area contributed by atoms with Crippen molar-refractivity contribution in [3.63, 3.8) is 0 Å². The SMILES string of the molecule is CCn1ncc2c(NC(C)C3CCCCC3)c(C(=O)NC3CN4CCC3CC4)cnc21. The van der Waals surface area contributed by atoms with E-state index < -0.39 is 0 Å². The minimum Gasteiger partial charge on any atom is -0.381 e. The zero-order valence-corrected chi connectivity index (χ0v) is 18.9. The molecular formula is C24H36N6O. The Balaban J connectivity index is 1.43. The van der Waals surface area contributed by atoms with Crippen LogP contribution >= 0.6 is 0 Å². The molecule has 1 saturated carbocycles. The van der Waals surface area contributed by atoms with Crippen LogP contribution < -0.4 is 10.6 Å². The molecule has 3 aliphatic heterocycles. The highest BCUT2D eigenvalue weighted by Gasteiger charge is 2.35. The number of nitrogens with zero attached hydrogens (tertiary/aromatic N) is 4. The fourth-order valence-corrected chi connectivity index (χ4v) is 5.94. The van der Waals surface area contributed by atoms with Crippen LogP contribution in [0.3, 0.4) is 0 Å². The van der Waals surface area contributed by atoms with Crippen LogP contribution in [0, 0.1) is 11.8 Å². The summed E-state index contributed by atoms with van der Waals surface area (Å²) in [7, 11) is 0. The molecule has 2 atom stereocenters. The molecular weight excluding hydrogens is 388 g/mol. The average Bonchev–Trinajstić information content (AvgIpc) is 3.24. The molecule has 0 radical (unpaired) electrons. The van der Waals surface area contributed by atoms with Gasteiger partial charge in [-0.3, -0.25) is 4.79 Å². The molecule has 0 aromatic carbocycles. The lowest BCUT2D eigenvalue weighted by Crippen LogP contribution is -2.57. The third-order valence-corrected chi connectivity index (χ3v) is 7.91. The predicted molar refractivity (Wildman–Crippen MR) is 123 cm³/mol. The first-order chi connectivity index (χ1) is 15.1. The van der Waals surface area contributed by atoms with Crippen molar-refractivity contribution in [3.05, 3.63) is 18.0 Å². The molecule has 2 unspecified atom stereocenters. The molecule has 2 aromatic rings. The van der Waals surface area contributed by atoms with Crippen molar-refractivity contribution in [3.8, 4) is 0 Å². The molecule has 2 bridgehead atoms. The van der Waals surface area contributed by atoms with Crippen molar-refractivity contribution in [2.24, 2.45) is 11.8 Å². The molecule has 7 heteroatoms. The third kappa shape index (κ3) is 4.04. The number of piperidine rings is 3. The van der Waals surface area contributed by atoms with Crippen LogP contribution in [-0.2, 0) is 6.54 Å². The van der Waals surface area contributed by atoms with E-state index in [4.69, 9.17) is 0 Å². The van der Waals surface area contributed by atoms with Gasteiger partial charge in [0.05, 0.1) is 22.8 Å². The summed E-state index contributed by atoms with van der Waals surface area (Å²) < 4.78 is 1.90.